The van der Waals surface area contributed by atoms with Crippen molar-refractivity contribution in [2.75, 3.05) is 0 Å². The minimum Gasteiger partial charge on any atom is -0.438 e. The van der Waals surface area contributed by atoms with Gasteiger partial charge in [0.25, 0.3) is 5.91 Å². The minimum atomic E-state index is -0.473. The van der Waals surface area contributed by atoms with E-state index in [-0.39, 0.29) is 23.1 Å². The Labute approximate surface area is 123 Å². The van der Waals surface area contributed by atoms with Crippen molar-refractivity contribution in [1.29, 1.82) is 5.41 Å². The van der Waals surface area contributed by atoms with Crippen molar-refractivity contribution >= 4 is 27.8 Å². The molecule has 0 atom stereocenters. The molecule has 3 aromatic rings. The molecule has 1 aromatic carbocycles. The summed E-state index contributed by atoms with van der Waals surface area (Å²) in [4.78, 5) is 23.6. The Kier molecular flexibility index (Phi) is 2.66. The first-order chi connectivity index (χ1) is 10.6. The van der Waals surface area contributed by atoms with Crippen LogP contribution in [-0.4, -0.2) is 11.9 Å². The molecule has 0 aliphatic heterocycles. The highest BCUT2D eigenvalue weighted by molar-refractivity contribution is 6.05. The lowest BCUT2D eigenvalue weighted by Crippen LogP contribution is -2.29. The Hall–Kier alpha value is -2.89. The summed E-state index contributed by atoms with van der Waals surface area (Å²) in [6, 6.07) is 8.16. The summed E-state index contributed by atoms with van der Waals surface area (Å²) in [5.74, 6) is -0.339. The van der Waals surface area contributed by atoms with Crippen molar-refractivity contribution in [1.82, 2.24) is 5.32 Å². The minimum absolute atomic E-state index is 0.137. The van der Waals surface area contributed by atoms with E-state index in [0.29, 0.717) is 16.6 Å². The predicted octanol–water partition coefficient (Wildman–Crippen LogP) is 1.91. The fraction of sp³-hybridized carbons (Fsp3) is 0.188. The highest BCUT2D eigenvalue weighted by Gasteiger charge is 2.25. The smallest absolute Gasteiger partial charge is 0.336 e. The molecule has 1 aliphatic rings. The van der Waals surface area contributed by atoms with Crippen LogP contribution in [0.4, 0.5) is 0 Å². The van der Waals surface area contributed by atoms with Crippen LogP contribution < -0.4 is 16.5 Å². The second-order valence-electron chi connectivity index (χ2n) is 5.39. The first-order valence-corrected chi connectivity index (χ1v) is 6.98. The number of carbonyl (C=O) groups excluding carboxylic acids is 1. The van der Waals surface area contributed by atoms with Crippen LogP contribution in [0.2, 0.25) is 0 Å². The Balaban J connectivity index is 1.98. The second-order valence-corrected chi connectivity index (χ2v) is 5.39. The standard InChI is InChI=1S/C16H12N2O4/c17-15-11(16(20)18-9-3-4-9)7-10-12(21-15)5-1-8-2-6-13(19)22-14(8)10/h1-2,5-7,9,17H,3-4H2,(H,18,20). The van der Waals surface area contributed by atoms with Gasteiger partial charge in [-0.05, 0) is 37.1 Å². The molecule has 0 saturated heterocycles. The van der Waals surface area contributed by atoms with Crippen LogP contribution >= 0.6 is 0 Å². The van der Waals surface area contributed by atoms with Crippen LogP contribution in [0, 0.1) is 5.41 Å². The summed E-state index contributed by atoms with van der Waals surface area (Å²) in [6.07, 6.45) is 1.92. The Morgan fingerprint density at radius 2 is 1.95 bits per heavy atom. The number of rotatable bonds is 2. The first-order valence-electron chi connectivity index (χ1n) is 6.98. The van der Waals surface area contributed by atoms with Crippen molar-refractivity contribution in [3.63, 3.8) is 0 Å². The van der Waals surface area contributed by atoms with Crippen LogP contribution in [0.25, 0.3) is 21.9 Å². The Morgan fingerprint density at radius 1 is 1.18 bits per heavy atom. The monoisotopic (exact) mass is 296 g/mol. The fourth-order valence-corrected chi connectivity index (χ4v) is 2.40. The summed E-state index contributed by atoms with van der Waals surface area (Å²) in [6.45, 7) is 0. The van der Waals surface area contributed by atoms with E-state index in [1.165, 1.54) is 6.07 Å². The van der Waals surface area contributed by atoms with E-state index in [1.54, 1.807) is 24.3 Å². The predicted molar refractivity (Wildman–Crippen MR) is 78.6 cm³/mol. The highest BCUT2D eigenvalue weighted by atomic mass is 16.4. The zero-order valence-electron chi connectivity index (χ0n) is 11.5. The lowest BCUT2D eigenvalue weighted by Gasteiger charge is -2.06. The molecule has 2 N–H and O–H groups in total. The van der Waals surface area contributed by atoms with Crippen LogP contribution in [-0.2, 0) is 0 Å². The number of amides is 1. The molecular formula is C16H12N2O4. The average Bonchev–Trinajstić information content (AvgIpc) is 3.30. The molecule has 1 saturated carbocycles. The highest BCUT2D eigenvalue weighted by Crippen LogP contribution is 2.24. The average molecular weight is 296 g/mol. The molecule has 4 rings (SSSR count). The van der Waals surface area contributed by atoms with E-state index in [1.807, 2.05) is 0 Å². The third kappa shape index (κ3) is 2.09. The lowest BCUT2D eigenvalue weighted by atomic mass is 10.1. The third-order valence-electron chi connectivity index (χ3n) is 3.69. The number of nitrogens with one attached hydrogen (secondary N) is 2. The molecule has 1 aliphatic carbocycles. The summed E-state index contributed by atoms with van der Waals surface area (Å²) in [7, 11) is 0. The quantitative estimate of drug-likeness (QED) is 0.557. The topological polar surface area (TPSA) is 96.3 Å². The maximum atomic E-state index is 12.2. The SMILES string of the molecule is N=c1oc2ccc3ccc(=O)oc3c2cc1C(=O)NC1CC1. The van der Waals surface area contributed by atoms with Crippen molar-refractivity contribution in [3.05, 3.63) is 51.9 Å². The van der Waals surface area contributed by atoms with Gasteiger partial charge in [0.1, 0.15) is 16.7 Å². The van der Waals surface area contributed by atoms with E-state index < -0.39 is 5.63 Å². The van der Waals surface area contributed by atoms with Crippen LogP contribution in [0.5, 0.6) is 0 Å². The number of hydrogen-bond donors (Lipinski definition) is 2. The van der Waals surface area contributed by atoms with E-state index in [0.717, 1.165) is 18.2 Å². The molecule has 2 heterocycles. The second kappa shape index (κ2) is 4.56. The third-order valence-corrected chi connectivity index (χ3v) is 3.69. The van der Waals surface area contributed by atoms with Crippen molar-refractivity contribution < 1.29 is 13.6 Å². The molecule has 1 amide bonds. The molecule has 110 valence electrons. The van der Waals surface area contributed by atoms with Crippen molar-refractivity contribution in [2.24, 2.45) is 0 Å². The maximum Gasteiger partial charge on any atom is 0.336 e. The van der Waals surface area contributed by atoms with Gasteiger partial charge < -0.3 is 14.2 Å². The molecule has 0 spiro atoms. The van der Waals surface area contributed by atoms with Crippen molar-refractivity contribution in [3.8, 4) is 0 Å². The number of fused-ring (bicyclic) bond motifs is 3. The molecule has 0 unspecified atom stereocenters. The van der Waals surface area contributed by atoms with Crippen LogP contribution in [0.3, 0.4) is 0 Å². The molecule has 1 fully saturated rings. The normalized spacial score (nSPS) is 14.4. The summed E-state index contributed by atoms with van der Waals surface area (Å²) in [5, 5.41) is 11.9. The van der Waals surface area contributed by atoms with Gasteiger partial charge >= 0.3 is 5.63 Å². The van der Waals surface area contributed by atoms with Gasteiger partial charge in [-0.25, -0.2) is 4.79 Å². The van der Waals surface area contributed by atoms with E-state index in [9.17, 15) is 9.59 Å². The summed E-state index contributed by atoms with van der Waals surface area (Å²) in [5.41, 5.74) is 0.213. The van der Waals surface area contributed by atoms with Gasteiger partial charge in [0.2, 0.25) is 5.55 Å². The van der Waals surface area contributed by atoms with E-state index >= 15 is 0 Å². The van der Waals surface area contributed by atoms with Gasteiger partial charge in [0.05, 0.1) is 5.39 Å². The van der Waals surface area contributed by atoms with Gasteiger partial charge in [-0.15, -0.1) is 0 Å². The van der Waals surface area contributed by atoms with Crippen LogP contribution in [0.1, 0.15) is 23.2 Å². The zero-order chi connectivity index (χ0) is 15.3. The van der Waals surface area contributed by atoms with Gasteiger partial charge in [0, 0.05) is 17.5 Å². The molecule has 0 bridgehead atoms. The van der Waals surface area contributed by atoms with Crippen molar-refractivity contribution in [2.45, 2.75) is 18.9 Å². The summed E-state index contributed by atoms with van der Waals surface area (Å²) >= 11 is 0. The number of benzene rings is 1. The van der Waals surface area contributed by atoms with E-state index in [2.05, 4.69) is 5.32 Å². The molecule has 6 nitrogen and oxygen atoms in total. The lowest BCUT2D eigenvalue weighted by molar-refractivity contribution is 0.0947. The van der Waals surface area contributed by atoms with Gasteiger partial charge in [-0.2, -0.15) is 0 Å². The fourth-order valence-electron chi connectivity index (χ4n) is 2.40. The number of hydrogen-bond acceptors (Lipinski definition) is 5. The van der Waals surface area contributed by atoms with Gasteiger partial charge in [-0.3, -0.25) is 10.2 Å². The molecule has 6 heteroatoms. The molecule has 2 aromatic heterocycles. The van der Waals surface area contributed by atoms with Crippen LogP contribution in [0.15, 0.2) is 44.0 Å². The zero-order valence-corrected chi connectivity index (χ0v) is 11.5. The van der Waals surface area contributed by atoms with Gasteiger partial charge in [0.15, 0.2) is 0 Å². The van der Waals surface area contributed by atoms with Gasteiger partial charge in [-0.1, -0.05) is 0 Å². The maximum absolute atomic E-state index is 12.2. The van der Waals surface area contributed by atoms with E-state index in [4.69, 9.17) is 14.2 Å². The largest absolute Gasteiger partial charge is 0.438 e. The Bertz CT molecular complexity index is 1030. The first kappa shape index (κ1) is 12.8. The number of carbonyl (C=O) groups is 1. The molecule has 0 radical (unpaired) electrons. The molecule has 22 heavy (non-hydrogen) atoms. The Morgan fingerprint density at radius 3 is 2.73 bits per heavy atom. The molecular weight excluding hydrogens is 284 g/mol. The summed E-state index contributed by atoms with van der Waals surface area (Å²) < 4.78 is 10.6.